The lowest BCUT2D eigenvalue weighted by molar-refractivity contribution is 0.102. The molecule has 2 heterocycles. The highest BCUT2D eigenvalue weighted by Gasteiger charge is 2.14. The molecule has 1 aromatic heterocycles. The third-order valence-electron chi connectivity index (χ3n) is 4.77. The summed E-state index contributed by atoms with van der Waals surface area (Å²) >= 11 is 0. The maximum absolute atomic E-state index is 12.6. The van der Waals surface area contributed by atoms with Gasteiger partial charge in [-0.1, -0.05) is 38.1 Å². The minimum absolute atomic E-state index is 0.173. The Labute approximate surface area is 169 Å². The summed E-state index contributed by atoms with van der Waals surface area (Å²) in [6, 6.07) is 17.2. The number of hydrogen-bond acceptors (Lipinski definition) is 5. The van der Waals surface area contributed by atoms with Crippen molar-refractivity contribution in [3.05, 3.63) is 77.5 Å². The summed E-state index contributed by atoms with van der Waals surface area (Å²) in [7, 11) is 0. The molecule has 3 aromatic rings. The molecule has 29 heavy (non-hydrogen) atoms. The first kappa shape index (κ1) is 18.8. The minimum atomic E-state index is -0.173. The molecule has 6 nitrogen and oxygen atoms in total. The molecular weight excluding hydrogens is 366 g/mol. The summed E-state index contributed by atoms with van der Waals surface area (Å²) in [6.45, 7) is 5.07. The highest BCUT2D eigenvalue weighted by Crippen LogP contribution is 2.32. The second-order valence-electron chi connectivity index (χ2n) is 7.17. The number of nitrogens with one attached hydrogen (secondary N) is 2. The molecule has 2 aromatic carbocycles. The van der Waals surface area contributed by atoms with Crippen molar-refractivity contribution < 1.29 is 14.3 Å². The van der Waals surface area contributed by atoms with E-state index < -0.39 is 0 Å². The molecule has 0 fully saturated rings. The van der Waals surface area contributed by atoms with E-state index in [4.69, 9.17) is 9.47 Å². The Morgan fingerprint density at radius 3 is 2.69 bits per heavy atom. The van der Waals surface area contributed by atoms with Crippen molar-refractivity contribution in [1.82, 2.24) is 4.98 Å². The van der Waals surface area contributed by atoms with Crippen molar-refractivity contribution in [2.24, 2.45) is 0 Å². The number of benzene rings is 2. The Hall–Kier alpha value is -3.54. The molecule has 4 rings (SSSR count). The fourth-order valence-electron chi connectivity index (χ4n) is 3.19. The van der Waals surface area contributed by atoms with E-state index >= 15 is 0 Å². The molecule has 2 N–H and O–H groups in total. The van der Waals surface area contributed by atoms with Gasteiger partial charge in [-0.15, -0.1) is 0 Å². The fourth-order valence-corrected chi connectivity index (χ4v) is 3.19. The van der Waals surface area contributed by atoms with Gasteiger partial charge in [-0.25, -0.2) is 4.98 Å². The number of para-hydroxylation sites is 1. The zero-order chi connectivity index (χ0) is 20.2. The molecule has 0 saturated carbocycles. The zero-order valence-corrected chi connectivity index (χ0v) is 16.4. The van der Waals surface area contributed by atoms with Crippen LogP contribution in [0.25, 0.3) is 0 Å². The van der Waals surface area contributed by atoms with Crippen LogP contribution in [0.2, 0.25) is 0 Å². The number of hydrogen-bond donors (Lipinski definition) is 2. The number of ether oxygens (including phenoxy) is 2. The highest BCUT2D eigenvalue weighted by molar-refractivity contribution is 6.04. The van der Waals surface area contributed by atoms with Crippen LogP contribution < -0.4 is 20.1 Å². The summed E-state index contributed by atoms with van der Waals surface area (Å²) in [6.07, 6.45) is 1.58. The van der Waals surface area contributed by atoms with Crippen LogP contribution in [0, 0.1) is 0 Å². The van der Waals surface area contributed by atoms with Crippen LogP contribution in [0.3, 0.4) is 0 Å². The van der Waals surface area contributed by atoms with Gasteiger partial charge in [0.2, 0.25) is 6.79 Å². The first-order valence-corrected chi connectivity index (χ1v) is 9.59. The standard InChI is InChI=1S/C23H23N3O3/c1-15(2)18-5-3-4-6-19(18)26-23(27)17-8-10-22(25-13-17)24-12-16-7-9-20-21(11-16)29-14-28-20/h3-11,13,15H,12,14H2,1-2H3,(H,24,25)(H,26,27). The Morgan fingerprint density at radius 2 is 1.90 bits per heavy atom. The second-order valence-corrected chi connectivity index (χ2v) is 7.17. The molecule has 0 spiro atoms. The van der Waals surface area contributed by atoms with Crippen molar-refractivity contribution in [1.29, 1.82) is 0 Å². The van der Waals surface area contributed by atoms with E-state index in [1.807, 2.05) is 42.5 Å². The van der Waals surface area contributed by atoms with Crippen molar-refractivity contribution in [3.8, 4) is 11.5 Å². The normalized spacial score (nSPS) is 12.1. The lowest BCUT2D eigenvalue weighted by Gasteiger charge is -2.13. The minimum Gasteiger partial charge on any atom is -0.454 e. The summed E-state index contributed by atoms with van der Waals surface area (Å²) < 4.78 is 10.7. The van der Waals surface area contributed by atoms with Gasteiger partial charge in [-0.2, -0.15) is 0 Å². The summed E-state index contributed by atoms with van der Waals surface area (Å²) in [5, 5.41) is 6.24. The molecule has 0 unspecified atom stereocenters. The van der Waals surface area contributed by atoms with Crippen molar-refractivity contribution in [2.45, 2.75) is 26.3 Å². The number of carbonyl (C=O) groups is 1. The highest BCUT2D eigenvalue weighted by atomic mass is 16.7. The number of aromatic nitrogens is 1. The van der Waals surface area contributed by atoms with Gasteiger partial charge < -0.3 is 20.1 Å². The lowest BCUT2D eigenvalue weighted by Crippen LogP contribution is -2.14. The topological polar surface area (TPSA) is 72.5 Å². The monoisotopic (exact) mass is 389 g/mol. The smallest absolute Gasteiger partial charge is 0.257 e. The average Bonchev–Trinajstić information content (AvgIpc) is 3.21. The van der Waals surface area contributed by atoms with Gasteiger partial charge in [0.1, 0.15) is 5.82 Å². The number of carbonyl (C=O) groups excluding carboxylic acids is 1. The fraction of sp³-hybridized carbons (Fsp3) is 0.217. The van der Waals surface area contributed by atoms with E-state index in [1.165, 1.54) is 0 Å². The number of pyridine rings is 1. The quantitative estimate of drug-likeness (QED) is 0.634. The largest absolute Gasteiger partial charge is 0.454 e. The van der Waals surface area contributed by atoms with Crippen LogP contribution in [0.4, 0.5) is 11.5 Å². The third kappa shape index (κ3) is 4.32. The molecule has 0 aliphatic carbocycles. The number of fused-ring (bicyclic) bond motifs is 1. The Kier molecular flexibility index (Phi) is 5.33. The lowest BCUT2D eigenvalue weighted by atomic mass is 10.0. The average molecular weight is 389 g/mol. The van der Waals surface area contributed by atoms with Gasteiger partial charge in [0.25, 0.3) is 5.91 Å². The molecule has 6 heteroatoms. The molecule has 1 aliphatic heterocycles. The zero-order valence-electron chi connectivity index (χ0n) is 16.4. The molecule has 148 valence electrons. The molecule has 0 atom stereocenters. The van der Waals surface area contributed by atoms with Crippen molar-refractivity contribution in [2.75, 3.05) is 17.4 Å². The number of rotatable bonds is 6. The Bertz CT molecular complexity index is 1020. The van der Waals surface area contributed by atoms with E-state index in [2.05, 4.69) is 29.5 Å². The maximum atomic E-state index is 12.6. The predicted octanol–water partition coefficient (Wildman–Crippen LogP) is 4.80. The predicted molar refractivity (Wildman–Crippen MR) is 113 cm³/mol. The molecular formula is C23H23N3O3. The second kappa shape index (κ2) is 8.22. The molecule has 1 aliphatic rings. The van der Waals surface area contributed by atoms with E-state index in [0.29, 0.717) is 23.8 Å². The van der Waals surface area contributed by atoms with E-state index in [1.54, 1.807) is 18.3 Å². The molecule has 0 saturated heterocycles. The van der Waals surface area contributed by atoms with E-state index in [0.717, 1.165) is 28.3 Å². The maximum Gasteiger partial charge on any atom is 0.257 e. The summed E-state index contributed by atoms with van der Waals surface area (Å²) in [5.41, 5.74) is 3.51. The first-order valence-electron chi connectivity index (χ1n) is 9.59. The third-order valence-corrected chi connectivity index (χ3v) is 4.77. The van der Waals surface area contributed by atoms with Gasteiger partial charge in [0, 0.05) is 18.4 Å². The van der Waals surface area contributed by atoms with Gasteiger partial charge >= 0.3 is 0 Å². The number of nitrogens with zero attached hydrogens (tertiary/aromatic N) is 1. The van der Waals surface area contributed by atoms with Crippen molar-refractivity contribution >= 4 is 17.4 Å². The Balaban J connectivity index is 1.38. The summed E-state index contributed by atoms with van der Waals surface area (Å²) in [4.78, 5) is 16.9. The van der Waals surface area contributed by atoms with Crippen LogP contribution in [-0.2, 0) is 6.54 Å². The van der Waals surface area contributed by atoms with Gasteiger partial charge in [0.15, 0.2) is 11.5 Å². The number of amides is 1. The SMILES string of the molecule is CC(C)c1ccccc1NC(=O)c1ccc(NCc2ccc3c(c2)OCO3)nc1. The van der Waals surface area contributed by atoms with E-state index in [-0.39, 0.29) is 12.7 Å². The van der Waals surface area contributed by atoms with Gasteiger partial charge in [-0.05, 0) is 47.4 Å². The van der Waals surface area contributed by atoms with Crippen LogP contribution in [0.15, 0.2) is 60.8 Å². The number of anilines is 2. The Morgan fingerprint density at radius 1 is 1.07 bits per heavy atom. The van der Waals surface area contributed by atoms with Gasteiger partial charge in [0.05, 0.1) is 5.56 Å². The van der Waals surface area contributed by atoms with Crippen LogP contribution in [0.1, 0.15) is 41.3 Å². The van der Waals surface area contributed by atoms with Crippen LogP contribution in [0.5, 0.6) is 11.5 Å². The van der Waals surface area contributed by atoms with Crippen LogP contribution >= 0.6 is 0 Å². The van der Waals surface area contributed by atoms with Crippen LogP contribution in [-0.4, -0.2) is 17.7 Å². The molecule has 0 radical (unpaired) electrons. The van der Waals surface area contributed by atoms with Gasteiger partial charge in [-0.3, -0.25) is 4.79 Å². The summed E-state index contributed by atoms with van der Waals surface area (Å²) in [5.74, 6) is 2.37. The first-order chi connectivity index (χ1) is 14.1. The molecule has 1 amide bonds. The molecule has 0 bridgehead atoms. The van der Waals surface area contributed by atoms with Crippen molar-refractivity contribution in [3.63, 3.8) is 0 Å². The van der Waals surface area contributed by atoms with E-state index in [9.17, 15) is 4.79 Å².